The summed E-state index contributed by atoms with van der Waals surface area (Å²) in [4.78, 5) is 19.4. The minimum atomic E-state index is 0.00317. The minimum absolute atomic E-state index is 0.00317. The Kier molecular flexibility index (Phi) is 5.93. The van der Waals surface area contributed by atoms with E-state index < -0.39 is 0 Å². The number of carbonyl (C=O) groups is 1. The van der Waals surface area contributed by atoms with Crippen LogP contribution in [0.15, 0.2) is 28.9 Å². The second kappa shape index (κ2) is 8.36. The van der Waals surface area contributed by atoms with E-state index in [1.807, 2.05) is 32.0 Å². The predicted molar refractivity (Wildman–Crippen MR) is 98.8 cm³/mol. The maximum Gasteiger partial charge on any atom is 0.224 e. The van der Waals surface area contributed by atoms with Crippen LogP contribution in [-0.2, 0) is 17.9 Å². The zero-order valence-electron chi connectivity index (χ0n) is 15.7. The Bertz CT molecular complexity index is 743. The highest BCUT2D eigenvalue weighted by Crippen LogP contribution is 2.22. The van der Waals surface area contributed by atoms with Gasteiger partial charge in [0.05, 0.1) is 25.8 Å². The number of hydrogen-bond acceptors (Lipinski definition) is 5. The van der Waals surface area contributed by atoms with Crippen molar-refractivity contribution in [3.8, 4) is 5.88 Å². The van der Waals surface area contributed by atoms with Gasteiger partial charge in [0.2, 0.25) is 11.8 Å². The van der Waals surface area contributed by atoms with Gasteiger partial charge in [-0.3, -0.25) is 9.69 Å². The van der Waals surface area contributed by atoms with Gasteiger partial charge in [-0.15, -0.1) is 0 Å². The van der Waals surface area contributed by atoms with Gasteiger partial charge in [0.1, 0.15) is 5.76 Å². The van der Waals surface area contributed by atoms with E-state index in [1.54, 1.807) is 13.4 Å². The molecule has 1 amide bonds. The number of rotatable bonds is 6. The van der Waals surface area contributed by atoms with E-state index in [2.05, 4.69) is 15.2 Å². The first-order valence-electron chi connectivity index (χ1n) is 9.10. The van der Waals surface area contributed by atoms with Crippen LogP contribution in [0.25, 0.3) is 0 Å². The van der Waals surface area contributed by atoms with Crippen LogP contribution < -0.4 is 10.1 Å². The van der Waals surface area contributed by atoms with Crippen molar-refractivity contribution in [2.24, 2.45) is 5.92 Å². The van der Waals surface area contributed by atoms with E-state index in [0.29, 0.717) is 12.4 Å². The summed E-state index contributed by atoms with van der Waals surface area (Å²) in [6, 6.07) is 5.88. The first-order valence-corrected chi connectivity index (χ1v) is 9.10. The normalized spacial score (nSPS) is 17.9. The molecule has 1 saturated heterocycles. The molecule has 1 fully saturated rings. The average Bonchev–Trinajstić information content (AvgIpc) is 3.13. The fourth-order valence-corrected chi connectivity index (χ4v) is 3.57. The number of piperidine rings is 1. The molecular formula is C20H27N3O3. The highest BCUT2D eigenvalue weighted by molar-refractivity contribution is 5.79. The number of hydrogen-bond donors (Lipinski definition) is 1. The SMILES string of the molecule is COc1nc(C)cc(C)c1CNC(=O)C1CCCN(Cc2ccco2)C1. The van der Waals surface area contributed by atoms with E-state index in [0.717, 1.165) is 55.1 Å². The second-order valence-corrected chi connectivity index (χ2v) is 6.94. The zero-order chi connectivity index (χ0) is 18.5. The van der Waals surface area contributed by atoms with Gasteiger partial charge >= 0.3 is 0 Å². The molecule has 3 heterocycles. The van der Waals surface area contributed by atoms with E-state index in [4.69, 9.17) is 9.15 Å². The second-order valence-electron chi connectivity index (χ2n) is 6.94. The number of aryl methyl sites for hydroxylation is 2. The third-order valence-corrected chi connectivity index (χ3v) is 4.91. The maximum atomic E-state index is 12.7. The summed E-state index contributed by atoms with van der Waals surface area (Å²) in [6.45, 7) is 6.91. The third-order valence-electron chi connectivity index (χ3n) is 4.91. The smallest absolute Gasteiger partial charge is 0.224 e. The van der Waals surface area contributed by atoms with Crippen LogP contribution >= 0.6 is 0 Å². The molecule has 0 saturated carbocycles. The van der Waals surface area contributed by atoms with Gasteiger partial charge in [0, 0.05) is 24.3 Å². The topological polar surface area (TPSA) is 67.6 Å². The minimum Gasteiger partial charge on any atom is -0.481 e. The Morgan fingerprint density at radius 2 is 2.31 bits per heavy atom. The molecule has 140 valence electrons. The number of ether oxygens (including phenoxy) is 1. The number of aromatic nitrogens is 1. The number of amides is 1. The molecule has 0 radical (unpaired) electrons. The first-order chi connectivity index (χ1) is 12.6. The van der Waals surface area contributed by atoms with E-state index in [9.17, 15) is 4.79 Å². The highest BCUT2D eigenvalue weighted by Gasteiger charge is 2.26. The first kappa shape index (κ1) is 18.5. The number of pyridine rings is 1. The van der Waals surface area contributed by atoms with E-state index in [1.165, 1.54) is 0 Å². The predicted octanol–water partition coefficient (Wildman–Crippen LogP) is 2.83. The molecule has 1 aliphatic rings. The quantitative estimate of drug-likeness (QED) is 0.861. The van der Waals surface area contributed by atoms with Crippen molar-refractivity contribution in [2.45, 2.75) is 39.8 Å². The van der Waals surface area contributed by atoms with E-state index in [-0.39, 0.29) is 11.8 Å². The summed E-state index contributed by atoms with van der Waals surface area (Å²) < 4.78 is 10.8. The van der Waals surface area contributed by atoms with Gasteiger partial charge in [0.15, 0.2) is 0 Å². The van der Waals surface area contributed by atoms with Crippen molar-refractivity contribution in [2.75, 3.05) is 20.2 Å². The van der Waals surface area contributed by atoms with E-state index >= 15 is 0 Å². The number of carbonyl (C=O) groups excluding carboxylic acids is 1. The molecule has 6 nitrogen and oxygen atoms in total. The molecule has 0 bridgehead atoms. The van der Waals surface area contributed by atoms with Gasteiger partial charge in [-0.1, -0.05) is 0 Å². The van der Waals surface area contributed by atoms with Crippen molar-refractivity contribution < 1.29 is 13.9 Å². The maximum absolute atomic E-state index is 12.7. The molecule has 1 atom stereocenters. The van der Waals surface area contributed by atoms with Gasteiger partial charge in [-0.25, -0.2) is 4.98 Å². The average molecular weight is 357 g/mol. The fourth-order valence-electron chi connectivity index (χ4n) is 3.57. The molecule has 26 heavy (non-hydrogen) atoms. The van der Waals surface area contributed by atoms with Crippen molar-refractivity contribution in [3.05, 3.63) is 47.0 Å². The molecule has 1 aliphatic heterocycles. The lowest BCUT2D eigenvalue weighted by molar-refractivity contribution is -0.127. The highest BCUT2D eigenvalue weighted by atomic mass is 16.5. The van der Waals surface area contributed by atoms with Crippen molar-refractivity contribution in [3.63, 3.8) is 0 Å². The standard InChI is InChI=1S/C20H27N3O3/c1-14-10-15(2)22-20(25-3)18(14)11-21-19(24)16-6-4-8-23(12-16)13-17-7-5-9-26-17/h5,7,9-10,16H,4,6,8,11-13H2,1-3H3,(H,21,24). The molecule has 2 aromatic rings. The Morgan fingerprint density at radius 1 is 1.46 bits per heavy atom. The fraction of sp³-hybridized carbons (Fsp3) is 0.500. The van der Waals surface area contributed by atoms with Crippen LogP contribution in [0.5, 0.6) is 5.88 Å². The van der Waals surface area contributed by atoms with Gasteiger partial charge in [-0.05, 0) is 57.0 Å². The summed E-state index contributed by atoms with van der Waals surface area (Å²) in [7, 11) is 1.61. The molecule has 6 heteroatoms. The largest absolute Gasteiger partial charge is 0.481 e. The molecular weight excluding hydrogens is 330 g/mol. The van der Waals surface area contributed by atoms with Crippen LogP contribution in [0, 0.1) is 19.8 Å². The van der Waals surface area contributed by atoms with Crippen LogP contribution in [0.3, 0.4) is 0 Å². The lowest BCUT2D eigenvalue weighted by atomic mass is 9.97. The molecule has 2 aromatic heterocycles. The number of furan rings is 1. The Hall–Kier alpha value is -2.34. The Labute approximate surface area is 154 Å². The zero-order valence-corrected chi connectivity index (χ0v) is 15.7. The molecule has 0 aliphatic carbocycles. The molecule has 0 spiro atoms. The summed E-state index contributed by atoms with van der Waals surface area (Å²) in [5.74, 6) is 1.63. The summed E-state index contributed by atoms with van der Waals surface area (Å²) >= 11 is 0. The Balaban J connectivity index is 1.58. The Morgan fingerprint density at radius 3 is 3.04 bits per heavy atom. The molecule has 3 rings (SSSR count). The number of nitrogens with one attached hydrogen (secondary N) is 1. The summed E-state index contributed by atoms with van der Waals surface area (Å²) in [5.41, 5.74) is 2.93. The molecule has 1 N–H and O–H groups in total. The van der Waals surface area contributed by atoms with Crippen molar-refractivity contribution in [1.82, 2.24) is 15.2 Å². The van der Waals surface area contributed by atoms with Crippen LogP contribution in [0.1, 0.15) is 35.4 Å². The summed E-state index contributed by atoms with van der Waals surface area (Å²) in [5, 5.41) is 3.07. The lowest BCUT2D eigenvalue weighted by Crippen LogP contribution is -2.42. The van der Waals surface area contributed by atoms with Crippen molar-refractivity contribution >= 4 is 5.91 Å². The molecule has 1 unspecified atom stereocenters. The lowest BCUT2D eigenvalue weighted by Gasteiger charge is -2.31. The molecule has 0 aromatic carbocycles. The third kappa shape index (κ3) is 4.43. The van der Waals surface area contributed by atoms with Gasteiger partial charge < -0.3 is 14.5 Å². The van der Waals surface area contributed by atoms with Gasteiger partial charge in [-0.2, -0.15) is 0 Å². The number of nitrogens with zero attached hydrogens (tertiary/aromatic N) is 2. The number of methoxy groups -OCH3 is 1. The van der Waals surface area contributed by atoms with Gasteiger partial charge in [0.25, 0.3) is 0 Å². The van der Waals surface area contributed by atoms with Crippen LogP contribution in [-0.4, -0.2) is 36.0 Å². The van der Waals surface area contributed by atoms with Crippen molar-refractivity contribution in [1.29, 1.82) is 0 Å². The van der Waals surface area contributed by atoms with Crippen LogP contribution in [0.4, 0.5) is 0 Å². The van der Waals surface area contributed by atoms with Crippen LogP contribution in [0.2, 0.25) is 0 Å². The number of likely N-dealkylation sites (tertiary alicyclic amines) is 1. The monoisotopic (exact) mass is 357 g/mol. The summed E-state index contributed by atoms with van der Waals surface area (Å²) in [6.07, 6.45) is 3.63.